The Balaban J connectivity index is 1.08. The smallest absolute Gasteiger partial charge is 0.465 e. The van der Waals surface area contributed by atoms with Crippen LogP contribution in [-0.2, 0) is 44.6 Å². The number of alkyl halides is 1. The Morgan fingerprint density at radius 1 is 1.09 bits per heavy atom. The van der Waals surface area contributed by atoms with Gasteiger partial charge in [-0.25, -0.2) is 9.18 Å². The van der Waals surface area contributed by atoms with Crippen molar-refractivity contribution in [1.82, 2.24) is 0 Å². The fraction of sp³-hybridized carbons (Fsp3) is 0.632. The van der Waals surface area contributed by atoms with Gasteiger partial charge < -0.3 is 39.4 Å². The van der Waals surface area contributed by atoms with Crippen LogP contribution in [0.25, 0.3) is 0 Å². The fourth-order valence-corrected chi connectivity index (χ4v) is 9.82. The minimum absolute atomic E-state index is 0.0320. The zero-order valence-corrected chi connectivity index (χ0v) is 30.7. The molecule has 1 aromatic carbocycles. The maximum atomic E-state index is 17.6. The molecular weight excluding hydrogens is 711 g/mol. The third-order valence-electron chi connectivity index (χ3n) is 12.2. The second kappa shape index (κ2) is 14.4. The number of hydrogen-bond donors (Lipinski definition) is 2. The molecule has 4 fully saturated rings. The Bertz CT molecular complexity index is 1750. The van der Waals surface area contributed by atoms with Crippen LogP contribution >= 0.6 is 0 Å². The summed E-state index contributed by atoms with van der Waals surface area (Å²) < 4.78 is 46.1. The van der Waals surface area contributed by atoms with Crippen LogP contribution < -0.4 is 10.5 Å². The molecule has 4 aliphatic carbocycles. The van der Waals surface area contributed by atoms with Gasteiger partial charge in [-0.05, 0) is 101 Å². The molecule has 6 rings (SSSR count). The van der Waals surface area contributed by atoms with Gasteiger partial charge in [-0.2, -0.15) is 0 Å². The monoisotopic (exact) mass is 758 g/mol. The molecule has 1 aromatic rings. The summed E-state index contributed by atoms with van der Waals surface area (Å²) in [5, 5.41) is 21.0. The molecule has 294 valence electrons. The molecule has 0 amide bonds. The van der Waals surface area contributed by atoms with Gasteiger partial charge in [-0.1, -0.05) is 30.7 Å². The van der Waals surface area contributed by atoms with Gasteiger partial charge in [0, 0.05) is 16.7 Å². The van der Waals surface area contributed by atoms with Crippen molar-refractivity contribution in [1.29, 1.82) is 0 Å². The Hall–Kier alpha value is -4.25. The summed E-state index contributed by atoms with van der Waals surface area (Å²) in [5.74, 6) is -3.66. The van der Waals surface area contributed by atoms with E-state index in [1.165, 1.54) is 24.3 Å². The van der Waals surface area contributed by atoms with Gasteiger partial charge in [-0.3, -0.25) is 14.4 Å². The van der Waals surface area contributed by atoms with E-state index in [2.05, 4.69) is 4.84 Å². The van der Waals surface area contributed by atoms with E-state index in [1.54, 1.807) is 39.0 Å². The maximum absolute atomic E-state index is 17.6. The molecule has 0 aromatic heterocycles. The van der Waals surface area contributed by atoms with E-state index in [4.69, 9.17) is 29.4 Å². The van der Waals surface area contributed by atoms with Gasteiger partial charge in [0.15, 0.2) is 29.4 Å². The lowest BCUT2D eigenvalue weighted by Gasteiger charge is -2.62. The lowest BCUT2D eigenvalue weighted by Crippen LogP contribution is -2.70. The molecule has 5 aliphatic rings. The number of nitrogens with two attached hydrogens (primary N) is 1. The van der Waals surface area contributed by atoms with E-state index in [0.29, 0.717) is 36.8 Å². The summed E-state index contributed by atoms with van der Waals surface area (Å²) >= 11 is 0. The lowest BCUT2D eigenvalue weighted by atomic mass is 9.44. The molecule has 3 saturated carbocycles. The second-order valence-corrected chi connectivity index (χ2v) is 15.8. The van der Waals surface area contributed by atoms with Crippen molar-refractivity contribution in [2.45, 2.75) is 108 Å². The SMILES string of the molecule is CC1(C)O[C@@H]2CC3C4CCC5=CC(=O)C=C[C@]5(C)[C@@]4(F)[C@@H](O)C[C@]3(C)[C@]2(C(=O)COC(=O)Oc2ccc(C[C@H](N)C(=O)OCCCCO[N+](=O)[O-])cc2)O1. The normalized spacial score (nSPS) is 35.0. The molecule has 3 N–H and O–H groups in total. The average Bonchev–Trinajstić information content (AvgIpc) is 3.51. The number of esters is 1. The number of allylic oxidation sites excluding steroid dienone is 4. The van der Waals surface area contributed by atoms with E-state index >= 15 is 4.39 Å². The highest BCUT2D eigenvalue weighted by Gasteiger charge is 2.80. The van der Waals surface area contributed by atoms with Gasteiger partial charge in [0.25, 0.3) is 5.09 Å². The minimum atomic E-state index is -2.11. The van der Waals surface area contributed by atoms with E-state index in [-0.39, 0.29) is 44.0 Å². The summed E-state index contributed by atoms with van der Waals surface area (Å²) in [5.41, 5.74) is 1.18. The minimum Gasteiger partial charge on any atom is -0.465 e. The Labute approximate surface area is 311 Å². The first-order valence-corrected chi connectivity index (χ1v) is 18.2. The predicted octanol–water partition coefficient (Wildman–Crippen LogP) is 4.04. The van der Waals surface area contributed by atoms with Crippen LogP contribution in [0.5, 0.6) is 5.75 Å². The lowest BCUT2D eigenvalue weighted by molar-refractivity contribution is -0.757. The number of benzene rings is 1. The molecular formula is C38H47FN2O13. The second-order valence-electron chi connectivity index (χ2n) is 15.8. The van der Waals surface area contributed by atoms with Crippen LogP contribution in [0.1, 0.15) is 71.8 Å². The van der Waals surface area contributed by atoms with Gasteiger partial charge >= 0.3 is 12.1 Å². The van der Waals surface area contributed by atoms with Crippen molar-refractivity contribution in [2.75, 3.05) is 19.8 Å². The van der Waals surface area contributed by atoms with Gasteiger partial charge in [0.2, 0.25) is 5.78 Å². The van der Waals surface area contributed by atoms with Gasteiger partial charge in [0.1, 0.15) is 11.8 Å². The number of halogens is 1. The fourth-order valence-electron chi connectivity index (χ4n) is 9.82. The number of Topliss-reactive ketones (excluding diaryl/α,β-unsaturated/α-hetero) is 1. The first-order valence-electron chi connectivity index (χ1n) is 18.2. The molecule has 1 aliphatic heterocycles. The van der Waals surface area contributed by atoms with Crippen molar-refractivity contribution >= 4 is 23.7 Å². The number of unbranched alkanes of at least 4 members (excludes halogenated alkanes) is 1. The number of ketones is 2. The van der Waals surface area contributed by atoms with E-state index in [9.17, 15) is 34.4 Å². The number of aliphatic hydroxyl groups is 1. The largest absolute Gasteiger partial charge is 0.514 e. The molecule has 2 unspecified atom stereocenters. The summed E-state index contributed by atoms with van der Waals surface area (Å²) in [7, 11) is 0. The van der Waals surface area contributed by atoms with E-state index < -0.39 is 87.6 Å². The zero-order chi connectivity index (χ0) is 39.3. The van der Waals surface area contributed by atoms with Crippen molar-refractivity contribution in [3.05, 3.63) is 63.7 Å². The molecule has 1 heterocycles. The van der Waals surface area contributed by atoms with Crippen molar-refractivity contribution in [2.24, 2.45) is 28.4 Å². The molecule has 9 atom stereocenters. The van der Waals surface area contributed by atoms with Crippen LogP contribution in [-0.4, -0.2) is 89.0 Å². The molecule has 1 saturated heterocycles. The summed E-state index contributed by atoms with van der Waals surface area (Å²) in [6, 6.07) is 5.14. The first kappa shape index (κ1) is 39.4. The Morgan fingerprint density at radius 2 is 1.80 bits per heavy atom. The maximum Gasteiger partial charge on any atom is 0.514 e. The highest BCUT2D eigenvalue weighted by molar-refractivity contribution is 6.01. The Morgan fingerprint density at radius 3 is 2.50 bits per heavy atom. The molecule has 0 radical (unpaired) electrons. The number of nitrogens with zero attached hydrogens (tertiary/aromatic N) is 1. The van der Waals surface area contributed by atoms with Crippen molar-refractivity contribution in [3.63, 3.8) is 0 Å². The number of fused-ring (bicyclic) bond motifs is 7. The van der Waals surface area contributed by atoms with Crippen LogP contribution in [0.15, 0.2) is 48.1 Å². The molecule has 16 heteroatoms. The summed E-state index contributed by atoms with van der Waals surface area (Å²) in [6.45, 7) is 6.09. The van der Waals surface area contributed by atoms with Crippen molar-refractivity contribution < 1.29 is 62.3 Å². The third kappa shape index (κ3) is 6.71. The molecule has 0 bridgehead atoms. The summed E-state index contributed by atoms with van der Waals surface area (Å²) in [6.07, 6.45) is 2.72. The number of ether oxygens (including phenoxy) is 5. The van der Waals surface area contributed by atoms with Gasteiger partial charge in [-0.15, -0.1) is 10.1 Å². The number of rotatable bonds is 13. The van der Waals surface area contributed by atoms with E-state index in [1.807, 2.05) is 6.92 Å². The van der Waals surface area contributed by atoms with Crippen LogP contribution in [0.4, 0.5) is 9.18 Å². The molecule has 15 nitrogen and oxygen atoms in total. The van der Waals surface area contributed by atoms with E-state index in [0.717, 1.165) is 0 Å². The quantitative estimate of drug-likeness (QED) is 0.0956. The van der Waals surface area contributed by atoms with Crippen LogP contribution in [0, 0.1) is 32.8 Å². The highest BCUT2D eigenvalue weighted by atomic mass is 19.1. The number of carbonyl (C=O) groups is 4. The first-order chi connectivity index (χ1) is 25.4. The molecule has 0 spiro atoms. The van der Waals surface area contributed by atoms with Crippen LogP contribution in [0.2, 0.25) is 0 Å². The van der Waals surface area contributed by atoms with Crippen LogP contribution in [0.3, 0.4) is 0 Å². The third-order valence-corrected chi connectivity index (χ3v) is 12.2. The Kier molecular flexibility index (Phi) is 10.5. The zero-order valence-electron chi connectivity index (χ0n) is 30.7. The van der Waals surface area contributed by atoms with Crippen molar-refractivity contribution in [3.8, 4) is 5.75 Å². The summed E-state index contributed by atoms with van der Waals surface area (Å²) in [4.78, 5) is 65.9. The predicted molar refractivity (Wildman–Crippen MR) is 185 cm³/mol. The number of hydrogen-bond acceptors (Lipinski definition) is 14. The van der Waals surface area contributed by atoms with Gasteiger partial charge in [0.05, 0.1) is 25.4 Å². The number of aliphatic hydroxyl groups excluding tert-OH is 1. The highest BCUT2D eigenvalue weighted by Crippen LogP contribution is 2.72. The topological polar surface area (TPSA) is 213 Å². The molecule has 54 heavy (non-hydrogen) atoms. The standard InChI is InChI=1S/C38H47FN2O13/c1-34(2)53-31-19-27-26-12-9-23-18-24(42)13-14-35(23,3)37(26,39)29(43)20-36(27,4)38(31,54-34)30(44)21-50-33(46)52-25-10-7-22(8-11-25)17-28(40)32(45)49-15-5-6-16-51-41(47)48/h7-8,10-11,13-14,18,26-29,31,43H,5-6,9,12,15-17,19-21,40H2,1-4H3/t26?,27?,28-,29-,31+,35-,36-,37-,38+/m0/s1. The number of carbonyl (C=O) groups excluding carboxylic acids is 4. The average molecular weight is 759 g/mol.